The zero-order chi connectivity index (χ0) is 18.7. The van der Waals surface area contributed by atoms with Gasteiger partial charge in [-0.15, -0.1) is 0 Å². The normalized spacial score (nSPS) is 11.0. The zero-order valence-corrected chi connectivity index (χ0v) is 14.4. The Hall–Kier alpha value is -3.20. The third-order valence-corrected chi connectivity index (χ3v) is 3.90. The Morgan fingerprint density at radius 1 is 1.19 bits per heavy atom. The van der Waals surface area contributed by atoms with Crippen LogP contribution in [0.25, 0.3) is 11.2 Å². The fourth-order valence-electron chi connectivity index (χ4n) is 2.60. The standard InChI is InChI=1S/C17H18N4O5/c1-19-16(23)14-15(18-10-20(14)11-25-2)21(17(19)24)8-13(22)26-9-12-6-4-3-5-7-12/h3-7,10H,8-9,11H2,1-2H3. The number of methoxy groups -OCH3 is 1. The molecule has 0 saturated heterocycles. The first-order chi connectivity index (χ1) is 12.5. The van der Waals surface area contributed by atoms with E-state index in [-0.39, 0.29) is 31.0 Å². The summed E-state index contributed by atoms with van der Waals surface area (Å²) in [6, 6.07) is 9.20. The van der Waals surface area contributed by atoms with Crippen molar-refractivity contribution in [3.8, 4) is 0 Å². The highest BCUT2D eigenvalue weighted by Gasteiger charge is 2.18. The summed E-state index contributed by atoms with van der Waals surface area (Å²) < 4.78 is 13.8. The molecule has 2 heterocycles. The summed E-state index contributed by atoms with van der Waals surface area (Å²) in [6.45, 7) is -0.149. The van der Waals surface area contributed by atoms with Crippen LogP contribution in [0.3, 0.4) is 0 Å². The van der Waals surface area contributed by atoms with Crippen molar-refractivity contribution in [3.63, 3.8) is 0 Å². The van der Waals surface area contributed by atoms with E-state index in [1.807, 2.05) is 30.3 Å². The number of fused-ring (bicyclic) bond motifs is 1. The fraction of sp³-hybridized carbons (Fsp3) is 0.294. The number of benzene rings is 1. The Morgan fingerprint density at radius 2 is 1.92 bits per heavy atom. The van der Waals surface area contributed by atoms with E-state index in [2.05, 4.69) is 4.98 Å². The first-order valence-electron chi connectivity index (χ1n) is 7.86. The van der Waals surface area contributed by atoms with Crippen molar-refractivity contribution in [3.05, 3.63) is 63.1 Å². The maximum absolute atomic E-state index is 12.4. The summed E-state index contributed by atoms with van der Waals surface area (Å²) >= 11 is 0. The Labute approximate surface area is 148 Å². The summed E-state index contributed by atoms with van der Waals surface area (Å²) in [5, 5.41) is 0. The lowest BCUT2D eigenvalue weighted by Gasteiger charge is -2.10. The quantitative estimate of drug-likeness (QED) is 0.586. The molecule has 1 aromatic carbocycles. The molecule has 0 amide bonds. The molecule has 0 bridgehead atoms. The number of hydrogen-bond acceptors (Lipinski definition) is 6. The number of rotatable bonds is 6. The van der Waals surface area contributed by atoms with E-state index < -0.39 is 17.2 Å². The van der Waals surface area contributed by atoms with E-state index in [9.17, 15) is 14.4 Å². The predicted octanol–water partition coefficient (Wildman–Crippen LogP) is 0.244. The summed E-state index contributed by atoms with van der Waals surface area (Å²) in [7, 11) is 2.83. The predicted molar refractivity (Wildman–Crippen MR) is 92.5 cm³/mol. The lowest BCUT2D eigenvalue weighted by Crippen LogP contribution is -2.40. The molecule has 26 heavy (non-hydrogen) atoms. The third kappa shape index (κ3) is 3.29. The number of hydrogen-bond donors (Lipinski definition) is 0. The molecular formula is C17H18N4O5. The van der Waals surface area contributed by atoms with Crippen molar-refractivity contribution >= 4 is 17.1 Å². The van der Waals surface area contributed by atoms with Gasteiger partial charge in [0.05, 0.1) is 6.33 Å². The second-order valence-corrected chi connectivity index (χ2v) is 5.68. The molecule has 2 aromatic heterocycles. The topological polar surface area (TPSA) is 97.4 Å². The van der Waals surface area contributed by atoms with Gasteiger partial charge in [-0.3, -0.25) is 18.7 Å². The Balaban J connectivity index is 1.91. The molecule has 0 fully saturated rings. The number of nitrogens with zero attached hydrogens (tertiary/aromatic N) is 4. The molecule has 3 rings (SSSR count). The van der Waals surface area contributed by atoms with Gasteiger partial charge in [0, 0.05) is 14.2 Å². The van der Waals surface area contributed by atoms with E-state index in [4.69, 9.17) is 9.47 Å². The van der Waals surface area contributed by atoms with Gasteiger partial charge in [0.25, 0.3) is 5.56 Å². The first-order valence-corrected chi connectivity index (χ1v) is 7.86. The lowest BCUT2D eigenvalue weighted by atomic mass is 10.2. The van der Waals surface area contributed by atoms with Crippen LogP contribution in [0, 0.1) is 0 Å². The van der Waals surface area contributed by atoms with Crippen molar-refractivity contribution in [2.24, 2.45) is 7.05 Å². The van der Waals surface area contributed by atoms with Gasteiger partial charge < -0.3 is 14.0 Å². The van der Waals surface area contributed by atoms with Gasteiger partial charge in [-0.1, -0.05) is 30.3 Å². The van der Waals surface area contributed by atoms with Crippen LogP contribution in [-0.4, -0.2) is 31.8 Å². The van der Waals surface area contributed by atoms with Crippen LogP contribution in [0.15, 0.2) is 46.2 Å². The second kappa shape index (κ2) is 7.36. The average Bonchev–Trinajstić information content (AvgIpc) is 3.06. The number of imidazole rings is 1. The minimum atomic E-state index is -0.637. The number of aromatic nitrogens is 4. The van der Waals surface area contributed by atoms with E-state index in [1.54, 1.807) is 0 Å². The highest BCUT2D eigenvalue weighted by Crippen LogP contribution is 2.07. The van der Waals surface area contributed by atoms with Gasteiger partial charge in [-0.2, -0.15) is 0 Å². The monoisotopic (exact) mass is 358 g/mol. The third-order valence-electron chi connectivity index (χ3n) is 3.90. The Bertz CT molecular complexity index is 1050. The van der Waals surface area contributed by atoms with Crippen molar-refractivity contribution in [2.45, 2.75) is 19.9 Å². The minimum Gasteiger partial charge on any atom is -0.459 e. The number of carbonyl (C=O) groups is 1. The van der Waals surface area contributed by atoms with Crippen molar-refractivity contribution in [1.29, 1.82) is 0 Å². The molecule has 0 radical (unpaired) electrons. The van der Waals surface area contributed by atoms with E-state index in [0.29, 0.717) is 0 Å². The van der Waals surface area contributed by atoms with Crippen LogP contribution in [0.2, 0.25) is 0 Å². The van der Waals surface area contributed by atoms with Gasteiger partial charge >= 0.3 is 11.7 Å². The summed E-state index contributed by atoms with van der Waals surface area (Å²) in [5.74, 6) is -0.600. The SMILES string of the molecule is COCn1cnc2c1c(=O)n(C)c(=O)n2CC(=O)OCc1ccccc1. The van der Waals surface area contributed by atoms with Crippen molar-refractivity contribution < 1.29 is 14.3 Å². The first kappa shape index (κ1) is 17.6. The van der Waals surface area contributed by atoms with Gasteiger partial charge in [-0.25, -0.2) is 9.78 Å². The molecule has 9 heteroatoms. The smallest absolute Gasteiger partial charge is 0.333 e. The van der Waals surface area contributed by atoms with Crippen LogP contribution in [0.4, 0.5) is 0 Å². The molecule has 136 valence electrons. The molecule has 0 aliphatic carbocycles. The van der Waals surface area contributed by atoms with Gasteiger partial charge in [-0.05, 0) is 5.56 Å². The highest BCUT2D eigenvalue weighted by atomic mass is 16.5. The highest BCUT2D eigenvalue weighted by molar-refractivity contribution is 5.74. The number of esters is 1. The van der Waals surface area contributed by atoms with Gasteiger partial charge in [0.1, 0.15) is 19.9 Å². The summed E-state index contributed by atoms with van der Waals surface area (Å²) in [4.78, 5) is 41.1. The van der Waals surface area contributed by atoms with Gasteiger partial charge in [0.15, 0.2) is 11.2 Å². The summed E-state index contributed by atoms with van der Waals surface area (Å²) in [5.41, 5.74) is -0.00456. The summed E-state index contributed by atoms with van der Waals surface area (Å²) in [6.07, 6.45) is 1.39. The van der Waals surface area contributed by atoms with E-state index in [1.165, 1.54) is 25.1 Å². The number of carbonyl (C=O) groups excluding carboxylic acids is 1. The molecule has 0 atom stereocenters. The molecule has 0 aliphatic rings. The molecule has 9 nitrogen and oxygen atoms in total. The molecule has 0 saturated carbocycles. The fourth-order valence-corrected chi connectivity index (χ4v) is 2.60. The average molecular weight is 358 g/mol. The van der Waals surface area contributed by atoms with Crippen LogP contribution < -0.4 is 11.2 Å². The lowest BCUT2D eigenvalue weighted by molar-refractivity contribution is -0.145. The zero-order valence-electron chi connectivity index (χ0n) is 14.4. The number of ether oxygens (including phenoxy) is 2. The van der Waals surface area contributed by atoms with Gasteiger partial charge in [0.2, 0.25) is 0 Å². The van der Waals surface area contributed by atoms with Crippen molar-refractivity contribution in [2.75, 3.05) is 7.11 Å². The van der Waals surface area contributed by atoms with E-state index >= 15 is 0 Å². The Morgan fingerprint density at radius 3 is 2.62 bits per heavy atom. The molecule has 3 aromatic rings. The largest absolute Gasteiger partial charge is 0.459 e. The Kier molecular flexibility index (Phi) is 4.99. The maximum atomic E-state index is 12.4. The molecule has 0 aliphatic heterocycles. The molecule has 0 spiro atoms. The van der Waals surface area contributed by atoms with Crippen molar-refractivity contribution in [1.82, 2.24) is 18.7 Å². The maximum Gasteiger partial charge on any atom is 0.333 e. The van der Waals surface area contributed by atoms with Crippen LogP contribution in [0.5, 0.6) is 0 Å². The molecule has 0 unspecified atom stereocenters. The van der Waals surface area contributed by atoms with Crippen LogP contribution >= 0.6 is 0 Å². The van der Waals surface area contributed by atoms with Crippen LogP contribution in [0.1, 0.15) is 5.56 Å². The molecule has 0 N–H and O–H groups in total. The minimum absolute atomic E-state index is 0.0987. The second-order valence-electron chi connectivity index (χ2n) is 5.68. The molecular weight excluding hydrogens is 340 g/mol. The van der Waals surface area contributed by atoms with Crippen LogP contribution in [-0.2, 0) is 41.2 Å². The van der Waals surface area contributed by atoms with E-state index in [0.717, 1.165) is 14.7 Å².